The number of nitrogens with zero attached hydrogens (tertiary/aromatic N) is 1. The maximum Gasteiger partial charge on any atom is 0.271 e. The van der Waals surface area contributed by atoms with Gasteiger partial charge in [0.1, 0.15) is 0 Å². The van der Waals surface area contributed by atoms with Crippen molar-refractivity contribution in [3.63, 3.8) is 0 Å². The zero-order valence-corrected chi connectivity index (χ0v) is 13.2. The Morgan fingerprint density at radius 2 is 2.10 bits per heavy atom. The van der Waals surface area contributed by atoms with Crippen LogP contribution in [0, 0.1) is 0 Å². The average molecular weight is 310 g/mol. The summed E-state index contributed by atoms with van der Waals surface area (Å²) in [5.41, 5.74) is 3.36. The van der Waals surface area contributed by atoms with Gasteiger partial charge < -0.3 is 5.32 Å². The number of carbonyl (C=O) groups excluding carboxylic acids is 2. The molecule has 0 saturated heterocycles. The third kappa shape index (κ3) is 6.40. The number of hydrogen-bond acceptors (Lipinski definition) is 3. The van der Waals surface area contributed by atoms with Gasteiger partial charge in [-0.05, 0) is 38.5 Å². The summed E-state index contributed by atoms with van der Waals surface area (Å²) in [5.74, 6) is -0.471. The molecular formula is C15H20ClN3O2. The van der Waals surface area contributed by atoms with Gasteiger partial charge in [-0.3, -0.25) is 9.59 Å². The highest BCUT2D eigenvalue weighted by Gasteiger charge is 2.08. The van der Waals surface area contributed by atoms with Crippen LogP contribution >= 0.6 is 11.6 Å². The number of benzene rings is 1. The molecule has 0 fully saturated rings. The van der Waals surface area contributed by atoms with E-state index >= 15 is 0 Å². The molecule has 2 N–H and O–H groups in total. The van der Waals surface area contributed by atoms with Gasteiger partial charge in [0.2, 0.25) is 5.91 Å². The van der Waals surface area contributed by atoms with E-state index in [4.69, 9.17) is 11.6 Å². The van der Waals surface area contributed by atoms with Gasteiger partial charge in [-0.15, -0.1) is 0 Å². The first-order valence-corrected chi connectivity index (χ1v) is 7.18. The molecule has 6 heteroatoms. The van der Waals surface area contributed by atoms with E-state index in [9.17, 15) is 9.59 Å². The molecule has 2 amide bonds. The van der Waals surface area contributed by atoms with Crippen molar-refractivity contribution in [1.29, 1.82) is 0 Å². The van der Waals surface area contributed by atoms with Crippen LogP contribution in [0.1, 0.15) is 44.0 Å². The summed E-state index contributed by atoms with van der Waals surface area (Å²) < 4.78 is 0. The Hall–Kier alpha value is -1.88. The van der Waals surface area contributed by atoms with Crippen molar-refractivity contribution in [3.8, 4) is 0 Å². The first kappa shape index (κ1) is 17.2. The van der Waals surface area contributed by atoms with Crippen molar-refractivity contribution in [1.82, 2.24) is 10.7 Å². The van der Waals surface area contributed by atoms with E-state index in [0.717, 1.165) is 6.42 Å². The summed E-state index contributed by atoms with van der Waals surface area (Å²) in [6.45, 7) is 5.62. The van der Waals surface area contributed by atoms with Gasteiger partial charge in [-0.25, -0.2) is 5.43 Å². The molecule has 0 radical (unpaired) electrons. The summed E-state index contributed by atoms with van der Waals surface area (Å²) in [6, 6.07) is 6.70. The molecule has 0 aromatic heterocycles. The van der Waals surface area contributed by atoms with E-state index in [0.29, 0.717) is 16.3 Å². The maximum absolute atomic E-state index is 11.8. The summed E-state index contributed by atoms with van der Waals surface area (Å²) in [4.78, 5) is 23.5. The number of rotatable bonds is 6. The highest BCUT2D eigenvalue weighted by molar-refractivity contribution is 6.30. The van der Waals surface area contributed by atoms with Crippen LogP contribution in [0.4, 0.5) is 0 Å². The first-order chi connectivity index (χ1) is 9.92. The monoisotopic (exact) mass is 309 g/mol. The van der Waals surface area contributed by atoms with Gasteiger partial charge in [0, 0.05) is 22.3 Å². The Bertz CT molecular complexity index is 543. The summed E-state index contributed by atoms with van der Waals surface area (Å²) in [6.07, 6.45) is 1.02. The number of hydrogen-bond donors (Lipinski definition) is 2. The van der Waals surface area contributed by atoms with Gasteiger partial charge in [-0.2, -0.15) is 5.10 Å². The molecule has 1 aromatic rings. The second kappa shape index (κ2) is 8.42. The van der Waals surface area contributed by atoms with Crippen molar-refractivity contribution >= 4 is 29.1 Å². The van der Waals surface area contributed by atoms with E-state index in [1.807, 2.05) is 13.8 Å². The normalized spacial score (nSPS) is 12.7. The smallest absolute Gasteiger partial charge is 0.271 e. The van der Waals surface area contributed by atoms with Gasteiger partial charge >= 0.3 is 0 Å². The van der Waals surface area contributed by atoms with Gasteiger partial charge in [0.05, 0.1) is 6.42 Å². The van der Waals surface area contributed by atoms with Crippen molar-refractivity contribution in [2.24, 2.45) is 5.10 Å². The van der Waals surface area contributed by atoms with Crippen LogP contribution in [0.2, 0.25) is 5.02 Å². The molecule has 0 spiro atoms. The van der Waals surface area contributed by atoms with Crippen molar-refractivity contribution in [3.05, 3.63) is 34.9 Å². The molecule has 0 aliphatic rings. The van der Waals surface area contributed by atoms with Crippen LogP contribution < -0.4 is 10.7 Å². The predicted molar refractivity (Wildman–Crippen MR) is 84.5 cm³/mol. The molecule has 0 heterocycles. The Morgan fingerprint density at radius 3 is 2.71 bits per heavy atom. The van der Waals surface area contributed by atoms with E-state index in [1.165, 1.54) is 0 Å². The number of hydrazone groups is 1. The molecule has 114 valence electrons. The molecule has 1 rings (SSSR count). The van der Waals surface area contributed by atoms with E-state index < -0.39 is 0 Å². The highest BCUT2D eigenvalue weighted by Crippen LogP contribution is 2.10. The molecular weight excluding hydrogens is 290 g/mol. The van der Waals surface area contributed by atoms with Crippen LogP contribution in [-0.2, 0) is 4.79 Å². The molecule has 5 nitrogen and oxygen atoms in total. The fourth-order valence-corrected chi connectivity index (χ4v) is 1.73. The van der Waals surface area contributed by atoms with Crippen LogP contribution in [-0.4, -0.2) is 23.6 Å². The fraction of sp³-hybridized carbons (Fsp3) is 0.400. The minimum Gasteiger partial charge on any atom is -0.353 e. The Labute approximate surface area is 129 Å². The van der Waals surface area contributed by atoms with Crippen LogP contribution in [0.3, 0.4) is 0 Å². The molecule has 21 heavy (non-hydrogen) atoms. The lowest BCUT2D eigenvalue weighted by Crippen LogP contribution is -2.33. The molecule has 0 bridgehead atoms. The Kier molecular flexibility index (Phi) is 6.88. The zero-order valence-electron chi connectivity index (χ0n) is 12.4. The minimum absolute atomic E-state index is 0.109. The average Bonchev–Trinajstić information content (AvgIpc) is 2.44. The third-order valence-electron chi connectivity index (χ3n) is 2.87. The summed E-state index contributed by atoms with van der Waals surface area (Å²) in [7, 11) is 0. The molecule has 0 aliphatic carbocycles. The standard InChI is InChI=1S/C15H20ClN3O2/c1-4-10(2)17-14(20)8-11(3)18-19-15(21)12-6-5-7-13(16)9-12/h5-7,9-10H,4,8H2,1-3H3,(H,17,20)(H,19,21)/b18-11-/t10-/m1/s1. The van der Waals surface area contributed by atoms with Crippen molar-refractivity contribution < 1.29 is 9.59 Å². The van der Waals surface area contributed by atoms with E-state index in [-0.39, 0.29) is 24.3 Å². The largest absolute Gasteiger partial charge is 0.353 e. The second-order valence-corrected chi connectivity index (χ2v) is 5.29. The number of amides is 2. The quantitative estimate of drug-likeness (QED) is 0.626. The van der Waals surface area contributed by atoms with Crippen LogP contribution in [0.25, 0.3) is 0 Å². The Morgan fingerprint density at radius 1 is 1.38 bits per heavy atom. The number of carbonyl (C=O) groups is 2. The lowest BCUT2D eigenvalue weighted by atomic mass is 10.2. The summed E-state index contributed by atoms with van der Waals surface area (Å²) >= 11 is 5.81. The predicted octanol–water partition coefficient (Wildman–Crippen LogP) is 2.75. The van der Waals surface area contributed by atoms with E-state index in [1.54, 1.807) is 31.2 Å². The van der Waals surface area contributed by atoms with Crippen LogP contribution in [0.15, 0.2) is 29.4 Å². The lowest BCUT2D eigenvalue weighted by Gasteiger charge is -2.11. The fourth-order valence-electron chi connectivity index (χ4n) is 1.54. The zero-order chi connectivity index (χ0) is 15.8. The first-order valence-electron chi connectivity index (χ1n) is 6.80. The second-order valence-electron chi connectivity index (χ2n) is 4.85. The maximum atomic E-state index is 11.8. The third-order valence-corrected chi connectivity index (χ3v) is 3.11. The van der Waals surface area contributed by atoms with Gasteiger partial charge in [0.25, 0.3) is 5.91 Å². The van der Waals surface area contributed by atoms with Gasteiger partial charge in [0.15, 0.2) is 0 Å². The molecule has 0 saturated carbocycles. The summed E-state index contributed by atoms with van der Waals surface area (Å²) in [5, 5.41) is 7.24. The van der Waals surface area contributed by atoms with Gasteiger partial charge in [-0.1, -0.05) is 24.6 Å². The lowest BCUT2D eigenvalue weighted by molar-refractivity contribution is -0.120. The molecule has 1 atom stereocenters. The number of nitrogens with one attached hydrogen (secondary N) is 2. The topological polar surface area (TPSA) is 70.6 Å². The van der Waals surface area contributed by atoms with Crippen molar-refractivity contribution in [2.45, 2.75) is 39.7 Å². The number of halogens is 1. The van der Waals surface area contributed by atoms with Crippen molar-refractivity contribution in [2.75, 3.05) is 0 Å². The molecule has 0 unspecified atom stereocenters. The highest BCUT2D eigenvalue weighted by atomic mass is 35.5. The van der Waals surface area contributed by atoms with Crippen LogP contribution in [0.5, 0.6) is 0 Å². The molecule has 0 aliphatic heterocycles. The Balaban J connectivity index is 2.52. The molecule has 1 aromatic carbocycles. The van der Waals surface area contributed by atoms with E-state index in [2.05, 4.69) is 15.8 Å². The SMILES string of the molecule is CC[C@@H](C)NC(=O)C/C(C)=N\NC(=O)c1cccc(Cl)c1. The minimum atomic E-state index is -0.362.